The van der Waals surface area contributed by atoms with Gasteiger partial charge in [-0.15, -0.1) is 0 Å². The minimum Gasteiger partial charge on any atom is -0.380 e. The Hall–Kier alpha value is -0.560. The molecule has 2 atom stereocenters. The van der Waals surface area contributed by atoms with Crippen molar-refractivity contribution in [2.24, 2.45) is 11.3 Å². The van der Waals surface area contributed by atoms with Crippen molar-refractivity contribution in [1.82, 2.24) is 0 Å². The lowest BCUT2D eigenvalue weighted by Crippen LogP contribution is -2.21. The van der Waals surface area contributed by atoms with Gasteiger partial charge in [-0.2, -0.15) is 0 Å². The largest absolute Gasteiger partial charge is 0.380 e. The molecule has 2 aliphatic carbocycles. The van der Waals surface area contributed by atoms with E-state index in [2.05, 4.69) is 19.1 Å². The van der Waals surface area contributed by atoms with Gasteiger partial charge in [-0.05, 0) is 29.9 Å². The van der Waals surface area contributed by atoms with E-state index in [-0.39, 0.29) is 0 Å². The fourth-order valence-corrected chi connectivity index (χ4v) is 2.92. The molecule has 3 rings (SSSR count). The first-order chi connectivity index (χ1) is 5.81. The van der Waals surface area contributed by atoms with E-state index in [4.69, 9.17) is 4.74 Å². The number of fused-ring (bicyclic) bond motifs is 3. The van der Waals surface area contributed by atoms with E-state index in [1.807, 2.05) is 0 Å². The summed E-state index contributed by atoms with van der Waals surface area (Å²) in [5.41, 5.74) is 3.60. The SMILES string of the molecule is CC12COCC1CC1=CCC=C12. The Morgan fingerprint density at radius 3 is 3.33 bits per heavy atom. The summed E-state index contributed by atoms with van der Waals surface area (Å²) in [5, 5.41) is 0. The van der Waals surface area contributed by atoms with Crippen molar-refractivity contribution in [3.8, 4) is 0 Å². The zero-order valence-electron chi connectivity index (χ0n) is 7.47. The maximum atomic E-state index is 5.55. The Balaban J connectivity index is 2.09. The summed E-state index contributed by atoms with van der Waals surface area (Å²) in [5.74, 6) is 0.773. The second-order valence-electron chi connectivity index (χ2n) is 4.42. The summed E-state index contributed by atoms with van der Waals surface area (Å²) in [4.78, 5) is 0. The molecule has 0 radical (unpaired) electrons. The van der Waals surface area contributed by atoms with Gasteiger partial charge in [-0.1, -0.05) is 19.1 Å². The summed E-state index contributed by atoms with van der Waals surface area (Å²) in [6, 6.07) is 0. The van der Waals surface area contributed by atoms with Gasteiger partial charge >= 0.3 is 0 Å². The van der Waals surface area contributed by atoms with Crippen LogP contribution in [0.25, 0.3) is 0 Å². The van der Waals surface area contributed by atoms with Crippen molar-refractivity contribution in [3.63, 3.8) is 0 Å². The predicted octanol–water partition coefficient (Wildman–Crippen LogP) is 2.30. The van der Waals surface area contributed by atoms with Crippen LogP contribution in [0, 0.1) is 11.3 Å². The smallest absolute Gasteiger partial charge is 0.0564 e. The van der Waals surface area contributed by atoms with E-state index in [9.17, 15) is 0 Å². The molecule has 0 spiro atoms. The van der Waals surface area contributed by atoms with E-state index < -0.39 is 0 Å². The molecule has 0 N–H and O–H groups in total. The molecule has 0 aromatic heterocycles. The van der Waals surface area contributed by atoms with E-state index in [1.54, 1.807) is 11.1 Å². The normalized spacial score (nSPS) is 43.9. The van der Waals surface area contributed by atoms with Crippen LogP contribution in [0.2, 0.25) is 0 Å². The molecule has 1 heterocycles. The van der Waals surface area contributed by atoms with Gasteiger partial charge in [0.15, 0.2) is 0 Å². The van der Waals surface area contributed by atoms with Crippen LogP contribution >= 0.6 is 0 Å². The number of rotatable bonds is 0. The Labute approximate surface area is 73.1 Å². The van der Waals surface area contributed by atoms with Gasteiger partial charge in [0.1, 0.15) is 0 Å². The highest BCUT2D eigenvalue weighted by Crippen LogP contribution is 2.55. The van der Waals surface area contributed by atoms with E-state index in [1.165, 1.54) is 6.42 Å². The van der Waals surface area contributed by atoms with Crippen molar-refractivity contribution in [2.45, 2.75) is 19.8 Å². The Morgan fingerprint density at radius 1 is 1.50 bits per heavy atom. The van der Waals surface area contributed by atoms with Crippen LogP contribution in [0.1, 0.15) is 19.8 Å². The monoisotopic (exact) mass is 162 g/mol. The van der Waals surface area contributed by atoms with Gasteiger partial charge < -0.3 is 4.74 Å². The molecule has 0 amide bonds. The highest BCUT2D eigenvalue weighted by Gasteiger charge is 2.49. The first kappa shape index (κ1) is 6.90. The molecule has 1 saturated heterocycles. The third-order valence-corrected chi connectivity index (χ3v) is 3.74. The molecular formula is C11H14O. The van der Waals surface area contributed by atoms with Gasteiger partial charge in [0.2, 0.25) is 0 Å². The average molecular weight is 162 g/mol. The van der Waals surface area contributed by atoms with Gasteiger partial charge in [0.05, 0.1) is 13.2 Å². The molecule has 1 aliphatic heterocycles. The van der Waals surface area contributed by atoms with Crippen molar-refractivity contribution in [2.75, 3.05) is 13.2 Å². The van der Waals surface area contributed by atoms with Crippen LogP contribution in [-0.4, -0.2) is 13.2 Å². The number of hydrogen-bond acceptors (Lipinski definition) is 1. The summed E-state index contributed by atoms with van der Waals surface area (Å²) < 4.78 is 5.55. The highest BCUT2D eigenvalue weighted by atomic mass is 16.5. The molecule has 1 saturated carbocycles. The second-order valence-corrected chi connectivity index (χ2v) is 4.42. The zero-order valence-corrected chi connectivity index (χ0v) is 7.47. The maximum Gasteiger partial charge on any atom is 0.0564 e. The first-order valence-electron chi connectivity index (χ1n) is 4.78. The average Bonchev–Trinajstić information content (AvgIpc) is 2.62. The van der Waals surface area contributed by atoms with Crippen LogP contribution in [-0.2, 0) is 4.74 Å². The molecule has 2 fully saturated rings. The minimum absolute atomic E-state index is 0.377. The molecule has 1 nitrogen and oxygen atoms in total. The van der Waals surface area contributed by atoms with Crippen molar-refractivity contribution in [1.29, 1.82) is 0 Å². The second kappa shape index (κ2) is 2.02. The molecule has 64 valence electrons. The molecule has 3 aliphatic rings. The Kier molecular flexibility index (Phi) is 1.16. The molecule has 0 aromatic rings. The highest BCUT2D eigenvalue weighted by molar-refractivity contribution is 5.47. The van der Waals surface area contributed by atoms with Crippen molar-refractivity contribution in [3.05, 3.63) is 23.3 Å². The Bertz CT molecular complexity index is 287. The minimum atomic E-state index is 0.377. The summed E-state index contributed by atoms with van der Waals surface area (Å²) in [7, 11) is 0. The number of ether oxygens (including phenoxy) is 1. The van der Waals surface area contributed by atoms with Crippen LogP contribution in [0.5, 0.6) is 0 Å². The van der Waals surface area contributed by atoms with E-state index >= 15 is 0 Å². The summed E-state index contributed by atoms with van der Waals surface area (Å²) in [6.45, 7) is 4.29. The first-order valence-corrected chi connectivity index (χ1v) is 4.78. The van der Waals surface area contributed by atoms with Crippen molar-refractivity contribution >= 4 is 0 Å². The molecule has 0 aromatic carbocycles. The van der Waals surface area contributed by atoms with Crippen LogP contribution in [0.4, 0.5) is 0 Å². The molecule has 12 heavy (non-hydrogen) atoms. The van der Waals surface area contributed by atoms with E-state index in [0.717, 1.165) is 25.6 Å². The van der Waals surface area contributed by atoms with Crippen LogP contribution in [0.3, 0.4) is 0 Å². The van der Waals surface area contributed by atoms with Gasteiger partial charge in [0, 0.05) is 5.41 Å². The van der Waals surface area contributed by atoms with Gasteiger partial charge in [-0.3, -0.25) is 0 Å². The Morgan fingerprint density at radius 2 is 2.42 bits per heavy atom. The lowest BCUT2D eigenvalue weighted by atomic mass is 9.80. The summed E-state index contributed by atoms with van der Waals surface area (Å²) in [6.07, 6.45) is 7.21. The van der Waals surface area contributed by atoms with Gasteiger partial charge in [-0.25, -0.2) is 0 Å². The lowest BCUT2D eigenvalue weighted by Gasteiger charge is -2.22. The molecular weight excluding hydrogens is 148 g/mol. The third-order valence-electron chi connectivity index (χ3n) is 3.74. The van der Waals surface area contributed by atoms with E-state index in [0.29, 0.717) is 5.41 Å². The lowest BCUT2D eigenvalue weighted by molar-refractivity contribution is 0.170. The zero-order chi connectivity index (χ0) is 8.18. The van der Waals surface area contributed by atoms with Crippen LogP contribution < -0.4 is 0 Å². The van der Waals surface area contributed by atoms with Gasteiger partial charge in [0.25, 0.3) is 0 Å². The molecule has 1 heteroatoms. The molecule has 2 unspecified atom stereocenters. The standard InChI is InChI=1S/C11H14O/c1-11-7-12-6-9(11)5-8-3-2-4-10(8)11/h3-4,9H,2,5-7H2,1H3. The summed E-state index contributed by atoms with van der Waals surface area (Å²) >= 11 is 0. The quantitative estimate of drug-likeness (QED) is 0.531. The third kappa shape index (κ3) is 0.639. The van der Waals surface area contributed by atoms with Crippen LogP contribution in [0.15, 0.2) is 23.3 Å². The molecule has 0 bridgehead atoms. The van der Waals surface area contributed by atoms with Crippen molar-refractivity contribution < 1.29 is 4.74 Å². The number of hydrogen-bond donors (Lipinski definition) is 0. The maximum absolute atomic E-state index is 5.55. The topological polar surface area (TPSA) is 9.23 Å². The predicted molar refractivity (Wildman–Crippen MR) is 47.8 cm³/mol. The number of allylic oxidation sites excluding steroid dienone is 3. The fourth-order valence-electron chi connectivity index (χ4n) is 2.92. The fraction of sp³-hybridized carbons (Fsp3) is 0.636.